The first kappa shape index (κ1) is 19.1. The monoisotopic (exact) mass is 395 g/mol. The van der Waals surface area contributed by atoms with Gasteiger partial charge in [-0.1, -0.05) is 42.5 Å². The molecule has 0 aliphatic carbocycles. The Morgan fingerprint density at radius 2 is 1.59 bits per heavy atom. The van der Waals surface area contributed by atoms with E-state index in [9.17, 15) is 4.79 Å². The van der Waals surface area contributed by atoms with E-state index < -0.39 is 0 Å². The minimum atomic E-state index is -0.174. The molecule has 1 heterocycles. The van der Waals surface area contributed by atoms with Gasteiger partial charge in [0.25, 0.3) is 5.91 Å². The lowest BCUT2D eigenvalue weighted by atomic mass is 10.2. The highest BCUT2D eigenvalue weighted by atomic mass is 32.1. The topological polar surface area (TPSA) is 49.6 Å². The molecule has 4 nitrogen and oxygen atoms in total. The number of rotatable bonds is 7. The minimum Gasteiger partial charge on any atom is -0.376 e. The van der Waals surface area contributed by atoms with Gasteiger partial charge in [-0.2, -0.15) is 0 Å². The Hall–Kier alpha value is -2.70. The van der Waals surface area contributed by atoms with Crippen molar-refractivity contribution in [3.05, 3.63) is 88.6 Å². The van der Waals surface area contributed by atoms with E-state index in [1.807, 2.05) is 42.5 Å². The molecule has 2 N–H and O–H groups in total. The lowest BCUT2D eigenvalue weighted by molar-refractivity contribution is 0.0851. The van der Waals surface area contributed by atoms with Gasteiger partial charge >= 0.3 is 0 Å². The van der Waals surface area contributed by atoms with E-state index in [1.165, 1.54) is 9.78 Å². The van der Waals surface area contributed by atoms with Crippen molar-refractivity contribution in [1.82, 2.24) is 4.90 Å². The van der Waals surface area contributed by atoms with Gasteiger partial charge < -0.3 is 10.6 Å². The minimum absolute atomic E-state index is 0.0907. The zero-order chi connectivity index (χ0) is 19.1. The van der Waals surface area contributed by atoms with Crippen molar-refractivity contribution in [2.45, 2.75) is 6.54 Å². The molecule has 1 aromatic heterocycles. The average molecular weight is 396 g/mol. The summed E-state index contributed by atoms with van der Waals surface area (Å²) in [6, 6.07) is 23.4. The fraction of sp³-hybridized carbons (Fsp3) is 0.143. The van der Waals surface area contributed by atoms with E-state index in [-0.39, 0.29) is 11.0 Å². The number of thiocarbonyl (C=S) groups is 1. The van der Waals surface area contributed by atoms with Crippen molar-refractivity contribution in [2.24, 2.45) is 5.73 Å². The maximum absolute atomic E-state index is 12.8. The first-order valence-corrected chi connectivity index (χ1v) is 9.92. The molecule has 0 aliphatic heterocycles. The molecule has 0 bridgehead atoms. The van der Waals surface area contributed by atoms with Crippen LogP contribution in [0.4, 0.5) is 5.69 Å². The second kappa shape index (κ2) is 9.30. The van der Waals surface area contributed by atoms with Crippen LogP contribution in [0.1, 0.15) is 15.2 Å². The van der Waals surface area contributed by atoms with Gasteiger partial charge in [-0.05, 0) is 47.9 Å². The Balaban J connectivity index is 1.76. The molecule has 27 heavy (non-hydrogen) atoms. The van der Waals surface area contributed by atoms with E-state index in [2.05, 4.69) is 28.5 Å². The van der Waals surface area contributed by atoms with E-state index in [1.54, 1.807) is 23.5 Å². The van der Waals surface area contributed by atoms with Gasteiger partial charge in [0.05, 0.1) is 6.54 Å². The summed E-state index contributed by atoms with van der Waals surface area (Å²) < 4.78 is 0. The highest BCUT2D eigenvalue weighted by Crippen LogP contribution is 2.19. The van der Waals surface area contributed by atoms with Crippen LogP contribution in [0, 0.1) is 0 Å². The van der Waals surface area contributed by atoms with Gasteiger partial charge in [0, 0.05) is 29.2 Å². The molecule has 0 aliphatic rings. The third kappa shape index (κ3) is 5.15. The first-order valence-electron chi connectivity index (χ1n) is 8.64. The fourth-order valence-electron chi connectivity index (χ4n) is 2.80. The van der Waals surface area contributed by atoms with Crippen molar-refractivity contribution < 1.29 is 4.79 Å². The van der Waals surface area contributed by atoms with Crippen molar-refractivity contribution >= 4 is 40.3 Å². The SMILES string of the molecule is NC(=S)N(CCN(Cc1cccs1)c1ccccc1)C(=O)c1ccccc1. The predicted octanol–water partition coefficient (Wildman–Crippen LogP) is 4.14. The van der Waals surface area contributed by atoms with Crippen LogP contribution < -0.4 is 10.6 Å². The summed E-state index contributed by atoms with van der Waals surface area (Å²) in [7, 11) is 0. The highest BCUT2D eigenvalue weighted by molar-refractivity contribution is 7.80. The number of nitrogens with two attached hydrogens (primary N) is 1. The van der Waals surface area contributed by atoms with Gasteiger partial charge in [0.2, 0.25) is 0 Å². The van der Waals surface area contributed by atoms with E-state index in [4.69, 9.17) is 18.0 Å². The number of carbonyl (C=O) groups is 1. The third-order valence-corrected chi connectivity index (χ3v) is 5.26. The molecule has 0 unspecified atom stereocenters. The molecule has 0 spiro atoms. The van der Waals surface area contributed by atoms with Crippen LogP contribution in [0.2, 0.25) is 0 Å². The van der Waals surface area contributed by atoms with Crippen LogP contribution >= 0.6 is 23.6 Å². The normalized spacial score (nSPS) is 10.4. The van der Waals surface area contributed by atoms with Crippen LogP contribution in [-0.2, 0) is 6.54 Å². The molecule has 1 amide bonds. The Kier molecular flexibility index (Phi) is 6.57. The number of nitrogens with zero attached hydrogens (tertiary/aromatic N) is 2. The molecule has 0 saturated heterocycles. The van der Waals surface area contributed by atoms with Crippen LogP contribution in [0.3, 0.4) is 0 Å². The lowest BCUT2D eigenvalue weighted by Gasteiger charge is -2.28. The predicted molar refractivity (Wildman–Crippen MR) is 116 cm³/mol. The number of amides is 1. The molecule has 0 fully saturated rings. The van der Waals surface area contributed by atoms with Crippen molar-refractivity contribution in [3.8, 4) is 0 Å². The Morgan fingerprint density at radius 3 is 2.19 bits per heavy atom. The van der Waals surface area contributed by atoms with Crippen LogP contribution in [-0.4, -0.2) is 29.0 Å². The summed E-state index contributed by atoms with van der Waals surface area (Å²) in [5, 5.41) is 2.16. The second-order valence-corrected chi connectivity index (χ2v) is 7.45. The smallest absolute Gasteiger partial charge is 0.260 e. The Bertz CT molecular complexity index is 867. The molecule has 0 saturated carbocycles. The number of thiophene rings is 1. The van der Waals surface area contributed by atoms with Gasteiger partial charge in [-0.3, -0.25) is 9.69 Å². The third-order valence-electron chi connectivity index (χ3n) is 4.17. The summed E-state index contributed by atoms with van der Waals surface area (Å²) in [5.74, 6) is -0.174. The van der Waals surface area contributed by atoms with Gasteiger partial charge in [0.1, 0.15) is 0 Å². The largest absolute Gasteiger partial charge is 0.376 e. The van der Waals surface area contributed by atoms with E-state index in [0.29, 0.717) is 18.7 Å². The zero-order valence-electron chi connectivity index (χ0n) is 14.8. The van der Waals surface area contributed by atoms with Crippen molar-refractivity contribution in [2.75, 3.05) is 18.0 Å². The Morgan fingerprint density at radius 1 is 0.926 bits per heavy atom. The van der Waals surface area contributed by atoms with Crippen LogP contribution in [0.5, 0.6) is 0 Å². The van der Waals surface area contributed by atoms with Gasteiger partial charge in [0.15, 0.2) is 5.11 Å². The summed E-state index contributed by atoms with van der Waals surface area (Å²) in [6.07, 6.45) is 0. The van der Waals surface area contributed by atoms with E-state index >= 15 is 0 Å². The summed E-state index contributed by atoms with van der Waals surface area (Å²) in [4.78, 5) is 17.8. The molecule has 0 atom stereocenters. The average Bonchev–Trinajstić information content (AvgIpc) is 3.21. The summed E-state index contributed by atoms with van der Waals surface area (Å²) in [6.45, 7) is 1.81. The maximum Gasteiger partial charge on any atom is 0.260 e. The van der Waals surface area contributed by atoms with Gasteiger partial charge in [-0.25, -0.2) is 0 Å². The number of hydrogen-bond donors (Lipinski definition) is 1. The maximum atomic E-state index is 12.8. The zero-order valence-corrected chi connectivity index (χ0v) is 16.5. The first-order chi connectivity index (χ1) is 13.1. The fourth-order valence-corrected chi connectivity index (χ4v) is 3.69. The quantitative estimate of drug-likeness (QED) is 0.611. The molecule has 0 radical (unpaired) electrons. The molecular formula is C21H21N3OS2. The highest BCUT2D eigenvalue weighted by Gasteiger charge is 2.19. The standard InChI is InChI=1S/C21H21N3OS2/c22-21(26)24(20(25)17-8-3-1-4-9-17)14-13-23(16-19-12-7-15-27-19)18-10-5-2-6-11-18/h1-12,15H,13-14,16H2,(H2,22,26). The molecule has 2 aromatic carbocycles. The summed E-state index contributed by atoms with van der Waals surface area (Å²) in [5.41, 5.74) is 7.53. The van der Waals surface area contributed by atoms with Gasteiger partial charge in [-0.15, -0.1) is 11.3 Å². The summed E-state index contributed by atoms with van der Waals surface area (Å²) >= 11 is 6.86. The van der Waals surface area contributed by atoms with Crippen LogP contribution in [0.25, 0.3) is 0 Å². The molecular weight excluding hydrogens is 374 g/mol. The number of carbonyl (C=O) groups excluding carboxylic acids is 1. The van der Waals surface area contributed by atoms with E-state index in [0.717, 1.165) is 12.2 Å². The molecule has 6 heteroatoms. The molecule has 138 valence electrons. The molecule has 3 aromatic rings. The van der Waals surface area contributed by atoms with Crippen molar-refractivity contribution in [3.63, 3.8) is 0 Å². The molecule has 3 rings (SSSR count). The number of hydrogen-bond acceptors (Lipinski definition) is 4. The van der Waals surface area contributed by atoms with Crippen LogP contribution in [0.15, 0.2) is 78.2 Å². The lowest BCUT2D eigenvalue weighted by Crippen LogP contribution is -2.44. The second-order valence-electron chi connectivity index (χ2n) is 6.00. The Labute approximate surface area is 168 Å². The number of para-hydroxylation sites is 1. The number of anilines is 1. The number of benzene rings is 2. The van der Waals surface area contributed by atoms with Crippen molar-refractivity contribution in [1.29, 1.82) is 0 Å².